The van der Waals surface area contributed by atoms with E-state index in [1.54, 1.807) is 0 Å². The molecule has 1 aliphatic heterocycles. The topological polar surface area (TPSA) is 34.1 Å². The van der Waals surface area contributed by atoms with Gasteiger partial charge in [0.15, 0.2) is 10.8 Å². The van der Waals surface area contributed by atoms with E-state index in [9.17, 15) is 0 Å². The zero-order chi connectivity index (χ0) is 40.4. The number of carbonyl (C=O) groups is 2. The van der Waals surface area contributed by atoms with Gasteiger partial charge in [-0.2, -0.15) is 0 Å². The molecule has 0 atom stereocenters. The Labute approximate surface area is 336 Å². The van der Waals surface area contributed by atoms with Gasteiger partial charge < -0.3 is 0 Å². The molecule has 56 heavy (non-hydrogen) atoms. The lowest BCUT2D eigenvalue weighted by molar-refractivity contribution is -0.110. The van der Waals surface area contributed by atoms with E-state index in [2.05, 4.69) is 132 Å². The van der Waals surface area contributed by atoms with Crippen molar-refractivity contribution in [2.24, 2.45) is 0 Å². The summed E-state index contributed by atoms with van der Waals surface area (Å²) in [6.07, 6.45) is 0. The average Bonchev–Trinajstić information content (AvgIpc) is 3.10. The average molecular weight is 767 g/mol. The Morgan fingerprint density at radius 1 is 0.304 bits per heavy atom. The van der Waals surface area contributed by atoms with E-state index in [0.29, 0.717) is 11.1 Å². The maximum absolute atomic E-state index is 17.6. The van der Waals surface area contributed by atoms with Crippen LogP contribution in [0.4, 0.5) is 0 Å². The molecule has 0 bridgehead atoms. The van der Waals surface area contributed by atoms with Crippen molar-refractivity contribution < 1.29 is 9.59 Å². The molecule has 2 nitrogen and oxygen atoms in total. The van der Waals surface area contributed by atoms with Gasteiger partial charge in [-0.3, -0.25) is 9.59 Å². The van der Waals surface area contributed by atoms with Crippen LogP contribution in [0.15, 0.2) is 109 Å². The van der Waals surface area contributed by atoms with Crippen molar-refractivity contribution >= 4 is 57.9 Å². The molecule has 1 heterocycles. The third-order valence-electron chi connectivity index (χ3n) is 12.3. The standard InChI is InChI=1S/C52H54O2Si2/c1-31-23-35(5)47(36(6)24-31)55(48-37(7)25-32(2)26-38(48)8)51(53)45(43-19-15-13-16-20-43)46(44-21-17-14-18-22-44)52(54)56(55,49-39(9)27-33(3)28-40(49)10)50-41(11)29-34(4)30-42(50)12/h13-30H,1-12H3. The number of benzene rings is 6. The van der Waals surface area contributed by atoms with Crippen molar-refractivity contribution in [3.8, 4) is 0 Å². The monoisotopic (exact) mass is 766 g/mol. The molecule has 0 unspecified atom stereocenters. The van der Waals surface area contributed by atoms with Gasteiger partial charge in [0.2, 0.25) is 15.2 Å². The minimum Gasteiger partial charge on any atom is -0.299 e. The first kappa shape index (κ1) is 39.1. The molecule has 282 valence electrons. The number of hydrogen-bond acceptors (Lipinski definition) is 2. The Morgan fingerprint density at radius 2 is 0.500 bits per heavy atom. The van der Waals surface area contributed by atoms with Crippen LogP contribution < -0.4 is 20.7 Å². The summed E-state index contributed by atoms with van der Waals surface area (Å²) in [6.45, 7) is 26.1. The highest BCUT2D eigenvalue weighted by molar-refractivity contribution is 7.78. The quantitative estimate of drug-likeness (QED) is 0.159. The number of carbonyl (C=O) groups excluding carboxylic acids is 2. The summed E-state index contributed by atoms with van der Waals surface area (Å²) in [5.41, 5.74) is 16.0. The molecule has 0 aromatic heterocycles. The smallest absolute Gasteiger partial charge is 0.211 e. The summed E-state index contributed by atoms with van der Waals surface area (Å²) in [6, 6.07) is 38.2. The predicted molar refractivity (Wildman–Crippen MR) is 242 cm³/mol. The third kappa shape index (κ3) is 5.71. The maximum atomic E-state index is 17.6. The predicted octanol–water partition coefficient (Wildman–Crippen LogP) is 9.13. The van der Waals surface area contributed by atoms with Gasteiger partial charge in [0, 0.05) is 11.1 Å². The number of allylic oxidation sites excluding steroid dienone is 2. The summed E-state index contributed by atoms with van der Waals surface area (Å²) in [5, 5.41) is 4.67. The van der Waals surface area contributed by atoms with Gasteiger partial charge in [-0.1, -0.05) is 176 Å². The summed E-state index contributed by atoms with van der Waals surface area (Å²) < 4.78 is 0. The Morgan fingerprint density at radius 3 is 0.696 bits per heavy atom. The first-order valence-corrected chi connectivity index (χ1v) is 24.8. The molecule has 0 saturated carbocycles. The molecular formula is C52H54O2Si2. The summed E-state index contributed by atoms with van der Waals surface area (Å²) in [5.74, 6) is 0. The lowest BCUT2D eigenvalue weighted by atomic mass is 9.96. The fourth-order valence-electron chi connectivity index (χ4n) is 11.2. The van der Waals surface area contributed by atoms with Gasteiger partial charge in [0.25, 0.3) is 0 Å². The highest BCUT2D eigenvalue weighted by Gasteiger charge is 2.74. The molecular weight excluding hydrogens is 713 g/mol. The molecule has 1 aliphatic rings. The van der Waals surface area contributed by atoms with Crippen LogP contribution in [0.1, 0.15) is 77.9 Å². The SMILES string of the molecule is Cc1cc(C)c([Si]2(c3c(C)cc(C)cc3C)C(=O)C(c3ccccc3)=C(c3ccccc3)C(=O)[Si]2(c2c(C)cc(C)cc2C)c2c(C)cc(C)cc2C)c(C)c1. The van der Waals surface area contributed by atoms with E-state index in [1.807, 2.05) is 60.7 Å². The molecule has 4 heteroatoms. The zero-order valence-electron chi connectivity index (χ0n) is 35.2. The van der Waals surface area contributed by atoms with Crippen LogP contribution in [0.5, 0.6) is 0 Å². The van der Waals surface area contributed by atoms with Gasteiger partial charge in [-0.25, -0.2) is 0 Å². The van der Waals surface area contributed by atoms with E-state index in [-0.39, 0.29) is 10.8 Å². The van der Waals surface area contributed by atoms with E-state index in [4.69, 9.17) is 0 Å². The van der Waals surface area contributed by atoms with E-state index in [0.717, 1.165) is 98.6 Å². The van der Waals surface area contributed by atoms with E-state index >= 15 is 9.59 Å². The first-order chi connectivity index (χ1) is 26.6. The second-order valence-corrected chi connectivity index (χ2v) is 27.1. The van der Waals surface area contributed by atoms with Crippen LogP contribution in [0.3, 0.4) is 0 Å². The van der Waals surface area contributed by atoms with Crippen molar-refractivity contribution in [2.45, 2.75) is 83.1 Å². The van der Waals surface area contributed by atoms with Crippen molar-refractivity contribution in [1.82, 2.24) is 0 Å². The molecule has 6 aromatic carbocycles. The second-order valence-electron chi connectivity index (χ2n) is 16.7. The lowest BCUT2D eigenvalue weighted by Crippen LogP contribution is -2.94. The fourth-order valence-corrected chi connectivity index (χ4v) is 33.5. The van der Waals surface area contributed by atoms with Crippen molar-refractivity contribution in [1.29, 1.82) is 0 Å². The minimum absolute atomic E-state index is 0.137. The zero-order valence-corrected chi connectivity index (χ0v) is 37.2. The first-order valence-electron chi connectivity index (χ1n) is 19.8. The highest BCUT2D eigenvalue weighted by atomic mass is 29.3. The van der Waals surface area contributed by atoms with Gasteiger partial charge in [-0.05, 0) is 115 Å². The summed E-state index contributed by atoms with van der Waals surface area (Å²) in [7, 11) is -8.15. The molecule has 0 saturated heterocycles. The van der Waals surface area contributed by atoms with Crippen LogP contribution >= 0.6 is 0 Å². The minimum atomic E-state index is -4.08. The highest BCUT2D eigenvalue weighted by Crippen LogP contribution is 2.44. The molecule has 0 amide bonds. The van der Waals surface area contributed by atoms with Crippen molar-refractivity contribution in [3.63, 3.8) is 0 Å². The Kier molecular flexibility index (Phi) is 10.1. The molecule has 0 N–H and O–H groups in total. The van der Waals surface area contributed by atoms with E-state index < -0.39 is 15.2 Å². The normalized spacial score (nSPS) is 15.1. The maximum Gasteiger partial charge on any atom is 0.211 e. The van der Waals surface area contributed by atoms with Crippen LogP contribution in [0.25, 0.3) is 11.1 Å². The van der Waals surface area contributed by atoms with Gasteiger partial charge in [0.1, 0.15) is 0 Å². The van der Waals surface area contributed by atoms with Crippen molar-refractivity contribution in [2.75, 3.05) is 0 Å². The van der Waals surface area contributed by atoms with Crippen LogP contribution in [0.2, 0.25) is 0 Å². The molecule has 0 radical (unpaired) electrons. The lowest BCUT2D eigenvalue weighted by Gasteiger charge is -2.53. The molecule has 6 aromatic rings. The van der Waals surface area contributed by atoms with Crippen LogP contribution in [0, 0.1) is 83.1 Å². The second kappa shape index (κ2) is 14.4. The largest absolute Gasteiger partial charge is 0.299 e. The Bertz CT molecular complexity index is 2240. The summed E-state index contributed by atoms with van der Waals surface area (Å²) in [4.78, 5) is 35.2. The Balaban J connectivity index is 1.96. The van der Waals surface area contributed by atoms with Crippen LogP contribution in [-0.4, -0.2) is 26.0 Å². The fraction of sp³-hybridized carbons (Fsp3) is 0.231. The third-order valence-corrected chi connectivity index (χ3v) is 29.2. The van der Waals surface area contributed by atoms with Crippen molar-refractivity contribution in [3.05, 3.63) is 187 Å². The van der Waals surface area contributed by atoms with Gasteiger partial charge in [-0.15, -0.1) is 0 Å². The number of hydrogen-bond donors (Lipinski definition) is 0. The van der Waals surface area contributed by atoms with Gasteiger partial charge in [0.05, 0.1) is 0 Å². The summed E-state index contributed by atoms with van der Waals surface area (Å²) >= 11 is 0. The number of aryl methyl sites for hydroxylation is 12. The molecule has 0 fully saturated rings. The molecule has 0 aliphatic carbocycles. The van der Waals surface area contributed by atoms with Crippen LogP contribution in [-0.2, 0) is 9.59 Å². The van der Waals surface area contributed by atoms with Gasteiger partial charge >= 0.3 is 0 Å². The molecule has 0 spiro atoms. The van der Waals surface area contributed by atoms with E-state index in [1.165, 1.54) is 0 Å². The Hall–Kier alpha value is -5.17. The molecule has 7 rings (SSSR count). The number of rotatable bonds is 6.